The lowest BCUT2D eigenvalue weighted by atomic mass is 10.2. The van der Waals surface area contributed by atoms with Crippen molar-refractivity contribution >= 4 is 35.1 Å². The average Bonchev–Trinajstić information content (AvgIpc) is 2.58. The first-order valence-corrected chi connectivity index (χ1v) is 8.60. The molecule has 0 rings (SSSR count). The van der Waals surface area contributed by atoms with Gasteiger partial charge < -0.3 is 18.9 Å². The Morgan fingerprint density at radius 3 is 1.50 bits per heavy atom. The number of carbonyl (C=O) groups excluding carboxylic acids is 2. The molecule has 0 aliphatic rings. The van der Waals surface area contributed by atoms with Crippen LogP contribution in [0.2, 0.25) is 0 Å². The summed E-state index contributed by atoms with van der Waals surface area (Å²) in [5.41, 5.74) is 0. The number of rotatable bonds is 15. The molecule has 8 heteroatoms. The Labute approximate surface area is 152 Å². The van der Waals surface area contributed by atoms with Gasteiger partial charge in [0, 0.05) is 12.8 Å². The molecule has 0 aromatic heterocycles. The Morgan fingerprint density at radius 1 is 0.833 bits per heavy atom. The lowest BCUT2D eigenvalue weighted by molar-refractivity contribution is -0.152. The predicted molar refractivity (Wildman–Crippen MR) is 92.0 cm³/mol. The maximum atomic E-state index is 11.6. The normalized spacial score (nSPS) is 12.6. The van der Waals surface area contributed by atoms with E-state index in [1.165, 1.54) is 12.5 Å². The van der Waals surface area contributed by atoms with Crippen molar-refractivity contribution in [2.45, 2.75) is 37.9 Å². The van der Waals surface area contributed by atoms with E-state index >= 15 is 0 Å². The molecule has 0 aliphatic carbocycles. The van der Waals surface area contributed by atoms with E-state index in [0.717, 1.165) is 0 Å². The first-order valence-electron chi connectivity index (χ1n) is 7.53. The van der Waals surface area contributed by atoms with Crippen LogP contribution in [0.3, 0.4) is 0 Å². The van der Waals surface area contributed by atoms with Crippen LogP contribution in [0.25, 0.3) is 0 Å². The smallest absolute Gasteiger partial charge is 0.306 e. The van der Waals surface area contributed by atoms with E-state index in [0.29, 0.717) is 12.8 Å². The second-order valence-electron chi connectivity index (χ2n) is 4.74. The molecule has 0 saturated carbocycles. The van der Waals surface area contributed by atoms with Crippen LogP contribution in [0.5, 0.6) is 0 Å². The van der Waals surface area contributed by atoms with Gasteiger partial charge in [0.2, 0.25) is 0 Å². The van der Waals surface area contributed by atoms with Gasteiger partial charge in [-0.15, -0.1) is 23.2 Å². The average molecular weight is 383 g/mol. The summed E-state index contributed by atoms with van der Waals surface area (Å²) in [6.45, 7) is 7.12. The minimum Gasteiger partial charge on any atom is -0.498 e. The molecule has 0 saturated heterocycles. The van der Waals surface area contributed by atoms with Gasteiger partial charge >= 0.3 is 11.9 Å². The van der Waals surface area contributed by atoms with Crippen molar-refractivity contribution in [3.05, 3.63) is 25.7 Å². The van der Waals surface area contributed by atoms with Gasteiger partial charge in [-0.2, -0.15) is 0 Å². The van der Waals surface area contributed by atoms with Crippen LogP contribution in [0, 0.1) is 0 Å². The lowest BCUT2D eigenvalue weighted by Crippen LogP contribution is -2.25. The SMILES string of the molecule is C=COCC(CCl)OC(=O)CCCCC(=O)OC(CCl)COC=C. The second kappa shape index (κ2) is 15.1. The van der Waals surface area contributed by atoms with Crippen molar-refractivity contribution in [3.8, 4) is 0 Å². The van der Waals surface area contributed by atoms with Crippen LogP contribution in [-0.4, -0.2) is 49.1 Å². The number of esters is 2. The van der Waals surface area contributed by atoms with Crippen LogP contribution in [-0.2, 0) is 28.5 Å². The third kappa shape index (κ3) is 12.1. The Hall–Kier alpha value is -1.40. The zero-order chi connectivity index (χ0) is 18.2. The molecule has 2 unspecified atom stereocenters. The maximum absolute atomic E-state index is 11.6. The zero-order valence-electron chi connectivity index (χ0n) is 13.6. The second-order valence-corrected chi connectivity index (χ2v) is 5.36. The molecule has 0 heterocycles. The van der Waals surface area contributed by atoms with Crippen molar-refractivity contribution < 1.29 is 28.5 Å². The van der Waals surface area contributed by atoms with Crippen molar-refractivity contribution in [2.75, 3.05) is 25.0 Å². The molecule has 0 N–H and O–H groups in total. The number of ether oxygens (including phenoxy) is 4. The van der Waals surface area contributed by atoms with E-state index < -0.39 is 12.2 Å². The quantitative estimate of drug-likeness (QED) is 0.187. The fraction of sp³-hybridized carbons (Fsp3) is 0.625. The third-order valence-corrected chi connectivity index (χ3v) is 3.44. The summed E-state index contributed by atoms with van der Waals surface area (Å²) >= 11 is 11.3. The zero-order valence-corrected chi connectivity index (χ0v) is 15.1. The molecule has 0 fully saturated rings. The molecule has 24 heavy (non-hydrogen) atoms. The monoisotopic (exact) mass is 382 g/mol. The number of alkyl halides is 2. The highest BCUT2D eigenvalue weighted by atomic mass is 35.5. The molecule has 2 atom stereocenters. The molecule has 0 aromatic carbocycles. The van der Waals surface area contributed by atoms with Crippen molar-refractivity contribution in [3.63, 3.8) is 0 Å². The third-order valence-electron chi connectivity index (χ3n) is 2.75. The van der Waals surface area contributed by atoms with Crippen LogP contribution in [0.4, 0.5) is 0 Å². The van der Waals surface area contributed by atoms with Crippen LogP contribution < -0.4 is 0 Å². The predicted octanol–water partition coefficient (Wildman–Crippen LogP) is 3.17. The van der Waals surface area contributed by atoms with Crippen LogP contribution >= 0.6 is 23.2 Å². The van der Waals surface area contributed by atoms with Gasteiger partial charge in [0.15, 0.2) is 0 Å². The van der Waals surface area contributed by atoms with Crippen molar-refractivity contribution in [1.29, 1.82) is 0 Å². The summed E-state index contributed by atoms with van der Waals surface area (Å²) in [5, 5.41) is 0. The van der Waals surface area contributed by atoms with Crippen LogP contribution in [0.1, 0.15) is 25.7 Å². The summed E-state index contributed by atoms with van der Waals surface area (Å²) < 4.78 is 20.1. The maximum Gasteiger partial charge on any atom is 0.306 e. The molecular formula is C16H24Cl2O6. The molecule has 0 radical (unpaired) electrons. The molecule has 0 aromatic rings. The number of hydrogen-bond acceptors (Lipinski definition) is 6. The molecule has 0 aliphatic heterocycles. The standard InChI is InChI=1S/C16H24Cl2O6/c1-3-21-11-13(9-17)23-15(19)7-5-6-8-16(20)24-14(10-18)12-22-4-2/h3-4,13-14H,1-2,5-12H2. The minimum atomic E-state index is -0.517. The Morgan fingerprint density at radius 2 is 1.21 bits per heavy atom. The number of carbonyl (C=O) groups is 2. The lowest BCUT2D eigenvalue weighted by Gasteiger charge is -2.15. The van der Waals surface area contributed by atoms with E-state index in [1.54, 1.807) is 0 Å². The van der Waals surface area contributed by atoms with Gasteiger partial charge in [0.25, 0.3) is 0 Å². The fourth-order valence-electron chi connectivity index (χ4n) is 1.60. The van der Waals surface area contributed by atoms with E-state index in [1.807, 2.05) is 0 Å². The fourth-order valence-corrected chi connectivity index (χ4v) is 1.90. The molecule has 0 amide bonds. The van der Waals surface area contributed by atoms with Crippen molar-refractivity contribution in [2.24, 2.45) is 0 Å². The van der Waals surface area contributed by atoms with Crippen molar-refractivity contribution in [1.82, 2.24) is 0 Å². The molecule has 0 bridgehead atoms. The Bertz CT molecular complexity index is 353. The summed E-state index contributed by atoms with van der Waals surface area (Å²) in [7, 11) is 0. The van der Waals surface area contributed by atoms with Gasteiger partial charge in [0.05, 0.1) is 24.3 Å². The topological polar surface area (TPSA) is 71.1 Å². The highest BCUT2D eigenvalue weighted by Crippen LogP contribution is 2.07. The summed E-state index contributed by atoms with van der Waals surface area (Å²) in [5.74, 6) is -0.504. The van der Waals surface area contributed by atoms with Gasteiger partial charge in [-0.1, -0.05) is 13.2 Å². The van der Waals surface area contributed by atoms with Gasteiger partial charge in [-0.25, -0.2) is 0 Å². The summed E-state index contributed by atoms with van der Waals surface area (Å²) in [4.78, 5) is 23.3. The molecule has 0 spiro atoms. The summed E-state index contributed by atoms with van der Waals surface area (Å²) in [6, 6.07) is 0. The summed E-state index contributed by atoms with van der Waals surface area (Å²) in [6.07, 6.45) is 2.86. The van der Waals surface area contributed by atoms with E-state index in [4.69, 9.17) is 42.1 Å². The molecular weight excluding hydrogens is 359 g/mol. The van der Waals surface area contributed by atoms with Gasteiger partial charge in [-0.3, -0.25) is 9.59 Å². The van der Waals surface area contributed by atoms with E-state index in [2.05, 4.69) is 13.2 Å². The number of hydrogen-bond donors (Lipinski definition) is 0. The highest BCUT2D eigenvalue weighted by molar-refractivity contribution is 6.18. The van der Waals surface area contributed by atoms with Crippen LogP contribution in [0.15, 0.2) is 25.7 Å². The van der Waals surface area contributed by atoms with E-state index in [9.17, 15) is 9.59 Å². The first kappa shape index (κ1) is 22.6. The Kier molecular flexibility index (Phi) is 14.3. The number of unbranched alkanes of at least 4 members (excludes halogenated alkanes) is 1. The van der Waals surface area contributed by atoms with Gasteiger partial charge in [-0.05, 0) is 12.8 Å². The molecule has 138 valence electrons. The largest absolute Gasteiger partial charge is 0.498 e. The number of halogens is 2. The highest BCUT2D eigenvalue weighted by Gasteiger charge is 2.15. The minimum absolute atomic E-state index is 0.137. The molecule has 6 nitrogen and oxygen atoms in total. The Balaban J connectivity index is 3.86. The van der Waals surface area contributed by atoms with Gasteiger partial charge in [0.1, 0.15) is 25.4 Å². The van der Waals surface area contributed by atoms with E-state index in [-0.39, 0.29) is 49.8 Å². The first-order chi connectivity index (χ1) is 11.6.